The molecular weight excluding hydrogens is 232 g/mol. The molecule has 2 aromatic heterocycles. The van der Waals surface area contributed by atoms with E-state index in [1.807, 2.05) is 6.92 Å². The average Bonchev–Trinajstić information content (AvgIpc) is 2.95. The number of nitrogens with one attached hydrogen (secondary N) is 1. The average molecular weight is 250 g/mol. The lowest BCUT2D eigenvalue weighted by atomic mass is 10.1. The summed E-state index contributed by atoms with van der Waals surface area (Å²) in [5, 5.41) is 7.78. The summed E-state index contributed by atoms with van der Waals surface area (Å²) in [6.45, 7) is 4.94. The third-order valence-electron chi connectivity index (χ3n) is 2.75. The standard InChI is InChI=1S/C13H18N2OS/c1-3-14-12(13-8-16-10(2)15-13)5-4-11-6-7-17-9-11/h6-9,12,14H,3-5H2,1-2H3. The minimum Gasteiger partial charge on any atom is -0.449 e. The van der Waals surface area contributed by atoms with Crippen molar-refractivity contribution in [3.8, 4) is 0 Å². The summed E-state index contributed by atoms with van der Waals surface area (Å²) in [4.78, 5) is 4.40. The highest BCUT2D eigenvalue weighted by Crippen LogP contribution is 2.19. The number of hydrogen-bond donors (Lipinski definition) is 1. The van der Waals surface area contributed by atoms with Gasteiger partial charge in [0, 0.05) is 6.92 Å². The Morgan fingerprint density at radius 3 is 3.00 bits per heavy atom. The minimum absolute atomic E-state index is 0.289. The van der Waals surface area contributed by atoms with Crippen molar-refractivity contribution >= 4 is 11.3 Å². The van der Waals surface area contributed by atoms with Gasteiger partial charge in [-0.05, 0) is 41.8 Å². The summed E-state index contributed by atoms with van der Waals surface area (Å²) in [7, 11) is 0. The van der Waals surface area contributed by atoms with Gasteiger partial charge in [-0.2, -0.15) is 11.3 Å². The molecule has 0 fully saturated rings. The highest BCUT2D eigenvalue weighted by atomic mass is 32.1. The molecule has 0 aromatic carbocycles. The Labute approximate surface area is 106 Å². The fraction of sp³-hybridized carbons (Fsp3) is 0.462. The molecule has 17 heavy (non-hydrogen) atoms. The zero-order valence-corrected chi connectivity index (χ0v) is 11.1. The van der Waals surface area contributed by atoms with Gasteiger partial charge in [0.1, 0.15) is 6.26 Å². The topological polar surface area (TPSA) is 38.1 Å². The van der Waals surface area contributed by atoms with Crippen molar-refractivity contribution in [1.82, 2.24) is 10.3 Å². The maximum absolute atomic E-state index is 5.28. The summed E-state index contributed by atoms with van der Waals surface area (Å²) in [6.07, 6.45) is 3.89. The van der Waals surface area contributed by atoms with Crippen molar-refractivity contribution in [2.75, 3.05) is 6.54 Å². The first kappa shape index (κ1) is 12.3. The van der Waals surface area contributed by atoms with Crippen LogP contribution in [0.1, 0.15) is 36.5 Å². The van der Waals surface area contributed by atoms with Crippen LogP contribution in [0.25, 0.3) is 0 Å². The van der Waals surface area contributed by atoms with Gasteiger partial charge in [-0.15, -0.1) is 0 Å². The Balaban J connectivity index is 1.97. The van der Waals surface area contributed by atoms with Crippen molar-refractivity contribution in [2.24, 2.45) is 0 Å². The van der Waals surface area contributed by atoms with Gasteiger partial charge in [0.25, 0.3) is 0 Å². The number of aryl methyl sites for hydroxylation is 2. The largest absolute Gasteiger partial charge is 0.449 e. The molecule has 1 N–H and O–H groups in total. The number of oxazole rings is 1. The Hall–Kier alpha value is -1.13. The zero-order valence-electron chi connectivity index (χ0n) is 10.3. The summed E-state index contributed by atoms with van der Waals surface area (Å²) in [5.74, 6) is 0.735. The maximum Gasteiger partial charge on any atom is 0.191 e. The molecule has 1 unspecified atom stereocenters. The van der Waals surface area contributed by atoms with E-state index in [-0.39, 0.29) is 6.04 Å². The number of thiophene rings is 1. The molecule has 0 aliphatic rings. The molecule has 0 spiro atoms. The Morgan fingerprint density at radius 2 is 2.41 bits per heavy atom. The molecule has 0 amide bonds. The lowest BCUT2D eigenvalue weighted by molar-refractivity contribution is 0.494. The summed E-state index contributed by atoms with van der Waals surface area (Å²) < 4.78 is 5.28. The van der Waals surface area contributed by atoms with Crippen molar-refractivity contribution in [3.05, 3.63) is 40.2 Å². The van der Waals surface area contributed by atoms with E-state index in [1.165, 1.54) is 5.56 Å². The quantitative estimate of drug-likeness (QED) is 0.854. The van der Waals surface area contributed by atoms with Crippen LogP contribution < -0.4 is 5.32 Å². The first-order valence-electron chi connectivity index (χ1n) is 5.96. The van der Waals surface area contributed by atoms with Gasteiger partial charge in [0.05, 0.1) is 11.7 Å². The van der Waals surface area contributed by atoms with E-state index in [0.717, 1.165) is 31.0 Å². The van der Waals surface area contributed by atoms with Crippen LogP contribution in [-0.4, -0.2) is 11.5 Å². The molecule has 0 aliphatic carbocycles. The van der Waals surface area contributed by atoms with Crippen molar-refractivity contribution < 1.29 is 4.42 Å². The predicted octanol–water partition coefficient (Wildman–Crippen LogP) is 3.33. The molecule has 0 saturated carbocycles. The van der Waals surface area contributed by atoms with E-state index in [1.54, 1.807) is 17.6 Å². The maximum atomic E-state index is 5.28. The predicted molar refractivity (Wildman–Crippen MR) is 70.3 cm³/mol. The lowest BCUT2D eigenvalue weighted by Crippen LogP contribution is -2.21. The van der Waals surface area contributed by atoms with E-state index >= 15 is 0 Å². The fourth-order valence-electron chi connectivity index (χ4n) is 1.89. The van der Waals surface area contributed by atoms with Gasteiger partial charge in [0.15, 0.2) is 5.89 Å². The fourth-order valence-corrected chi connectivity index (χ4v) is 2.59. The van der Waals surface area contributed by atoms with Gasteiger partial charge in [0.2, 0.25) is 0 Å². The second kappa shape index (κ2) is 5.98. The van der Waals surface area contributed by atoms with E-state index in [0.29, 0.717) is 0 Å². The smallest absolute Gasteiger partial charge is 0.191 e. The van der Waals surface area contributed by atoms with Crippen LogP contribution >= 0.6 is 11.3 Å². The molecule has 0 bridgehead atoms. The van der Waals surface area contributed by atoms with E-state index in [9.17, 15) is 0 Å². The summed E-state index contributed by atoms with van der Waals surface area (Å²) >= 11 is 1.75. The third-order valence-corrected chi connectivity index (χ3v) is 3.48. The summed E-state index contributed by atoms with van der Waals surface area (Å²) in [6, 6.07) is 2.47. The molecule has 2 heterocycles. The lowest BCUT2D eigenvalue weighted by Gasteiger charge is -2.14. The van der Waals surface area contributed by atoms with Crippen molar-refractivity contribution in [1.29, 1.82) is 0 Å². The van der Waals surface area contributed by atoms with Gasteiger partial charge >= 0.3 is 0 Å². The molecule has 2 rings (SSSR count). The number of hydrogen-bond acceptors (Lipinski definition) is 4. The van der Waals surface area contributed by atoms with Crippen molar-refractivity contribution in [3.63, 3.8) is 0 Å². The van der Waals surface area contributed by atoms with Crippen LogP contribution in [0.2, 0.25) is 0 Å². The molecule has 0 radical (unpaired) electrons. The molecule has 0 aliphatic heterocycles. The van der Waals surface area contributed by atoms with Crippen LogP contribution in [0.4, 0.5) is 0 Å². The normalized spacial score (nSPS) is 12.8. The summed E-state index contributed by atoms with van der Waals surface area (Å²) in [5.41, 5.74) is 2.41. The molecule has 1 atom stereocenters. The van der Waals surface area contributed by atoms with E-state index < -0.39 is 0 Å². The molecule has 0 saturated heterocycles. The number of nitrogens with zero attached hydrogens (tertiary/aromatic N) is 1. The van der Waals surface area contributed by atoms with E-state index in [4.69, 9.17) is 4.42 Å². The first-order chi connectivity index (χ1) is 8.29. The number of rotatable bonds is 6. The van der Waals surface area contributed by atoms with Crippen molar-refractivity contribution in [2.45, 2.75) is 32.7 Å². The molecule has 2 aromatic rings. The Bertz CT molecular complexity index is 436. The molecule has 92 valence electrons. The van der Waals surface area contributed by atoms with Crippen LogP contribution in [0.5, 0.6) is 0 Å². The van der Waals surface area contributed by atoms with Gasteiger partial charge in [-0.25, -0.2) is 4.98 Å². The van der Waals surface area contributed by atoms with Crippen LogP contribution in [0, 0.1) is 6.92 Å². The Kier molecular flexibility index (Phi) is 4.34. The first-order valence-corrected chi connectivity index (χ1v) is 6.90. The third kappa shape index (κ3) is 3.41. The monoisotopic (exact) mass is 250 g/mol. The van der Waals surface area contributed by atoms with E-state index in [2.05, 4.69) is 34.1 Å². The minimum atomic E-state index is 0.289. The zero-order chi connectivity index (χ0) is 12.1. The Morgan fingerprint density at radius 1 is 1.53 bits per heavy atom. The van der Waals surface area contributed by atoms with Crippen LogP contribution in [-0.2, 0) is 6.42 Å². The van der Waals surface area contributed by atoms with Gasteiger partial charge < -0.3 is 9.73 Å². The highest BCUT2D eigenvalue weighted by Gasteiger charge is 2.14. The second-order valence-electron chi connectivity index (χ2n) is 4.07. The van der Waals surface area contributed by atoms with Crippen LogP contribution in [0.15, 0.2) is 27.5 Å². The van der Waals surface area contributed by atoms with Crippen LogP contribution in [0.3, 0.4) is 0 Å². The highest BCUT2D eigenvalue weighted by molar-refractivity contribution is 7.07. The van der Waals surface area contributed by atoms with Gasteiger partial charge in [-0.3, -0.25) is 0 Å². The molecular formula is C13H18N2OS. The second-order valence-corrected chi connectivity index (χ2v) is 4.85. The molecule has 3 nitrogen and oxygen atoms in total. The SMILES string of the molecule is CCNC(CCc1ccsc1)c1coc(C)n1. The number of aromatic nitrogens is 1. The van der Waals surface area contributed by atoms with Gasteiger partial charge in [-0.1, -0.05) is 6.92 Å². The molecule has 4 heteroatoms.